The Morgan fingerprint density at radius 2 is 1.04 bits per heavy atom. The van der Waals surface area contributed by atoms with Crippen molar-refractivity contribution in [1.82, 2.24) is 5.32 Å². The topological polar surface area (TPSA) is 109 Å². The zero-order chi connectivity index (χ0) is 31.8. The summed E-state index contributed by atoms with van der Waals surface area (Å²) < 4.78 is 21.7. The Morgan fingerprint density at radius 3 is 1.40 bits per heavy atom. The fourth-order valence-corrected chi connectivity index (χ4v) is 7.32. The summed E-state index contributed by atoms with van der Waals surface area (Å²) in [5, 5.41) is 3.33. The van der Waals surface area contributed by atoms with Crippen molar-refractivity contribution in [3.63, 3.8) is 0 Å². The molecule has 1 saturated heterocycles. The Kier molecular flexibility index (Phi) is 7.74. The molecule has 8 nitrogen and oxygen atoms in total. The first-order valence-electron chi connectivity index (χ1n) is 14.8. The van der Waals surface area contributed by atoms with Crippen LogP contribution >= 0.6 is 0 Å². The van der Waals surface area contributed by atoms with Crippen LogP contribution in [0.15, 0.2) is 103 Å². The number of hydrogen-bond donors (Lipinski definition) is 2. The van der Waals surface area contributed by atoms with Crippen molar-refractivity contribution in [2.24, 2.45) is 17.1 Å². The van der Waals surface area contributed by atoms with Gasteiger partial charge in [-0.25, -0.2) is 0 Å². The number of ether oxygens (including phenoxy) is 4. The van der Waals surface area contributed by atoms with E-state index in [1.54, 1.807) is 28.4 Å². The van der Waals surface area contributed by atoms with Crippen LogP contribution in [0, 0.1) is 11.3 Å². The first-order valence-corrected chi connectivity index (χ1v) is 14.8. The summed E-state index contributed by atoms with van der Waals surface area (Å²) in [4.78, 5) is 28.7. The summed E-state index contributed by atoms with van der Waals surface area (Å²) in [5.74, 6) is 1.13. The minimum absolute atomic E-state index is 0.418. The molecule has 230 valence electrons. The highest BCUT2D eigenvalue weighted by atomic mass is 16.5. The van der Waals surface area contributed by atoms with Crippen LogP contribution in [0.25, 0.3) is 5.57 Å². The number of primary amides is 1. The minimum atomic E-state index is -1.63. The molecule has 2 atom stereocenters. The number of rotatable bonds is 9. The molecule has 0 aromatic heterocycles. The molecule has 6 rings (SSSR count). The summed E-state index contributed by atoms with van der Waals surface area (Å²) in [6.07, 6.45) is 1.02. The Hall–Kier alpha value is -5.24. The molecule has 2 aliphatic rings. The van der Waals surface area contributed by atoms with Gasteiger partial charge in [-0.15, -0.1) is 0 Å². The first kappa shape index (κ1) is 29.8. The van der Waals surface area contributed by atoms with Gasteiger partial charge in [0.2, 0.25) is 11.8 Å². The van der Waals surface area contributed by atoms with Crippen molar-refractivity contribution < 1.29 is 28.5 Å². The van der Waals surface area contributed by atoms with E-state index >= 15 is 0 Å². The number of benzene rings is 4. The highest BCUT2D eigenvalue weighted by Gasteiger charge is 2.70. The van der Waals surface area contributed by atoms with Crippen molar-refractivity contribution in [2.75, 3.05) is 28.4 Å². The third-order valence-corrected chi connectivity index (χ3v) is 9.41. The van der Waals surface area contributed by atoms with Crippen molar-refractivity contribution >= 4 is 17.4 Å². The molecule has 4 aromatic rings. The van der Waals surface area contributed by atoms with Gasteiger partial charge in [-0.3, -0.25) is 9.59 Å². The maximum atomic E-state index is 14.7. The van der Waals surface area contributed by atoms with Crippen LogP contribution in [0.2, 0.25) is 0 Å². The lowest BCUT2D eigenvalue weighted by Crippen LogP contribution is -2.46. The molecule has 1 aliphatic heterocycles. The number of carbonyl (C=O) groups excluding carboxylic acids is 2. The highest BCUT2D eigenvalue weighted by molar-refractivity contribution is 6.13. The van der Waals surface area contributed by atoms with Crippen molar-refractivity contribution in [2.45, 2.75) is 18.4 Å². The number of nitrogens with one attached hydrogen (secondary N) is 1. The van der Waals surface area contributed by atoms with Crippen LogP contribution in [0.5, 0.6) is 23.0 Å². The van der Waals surface area contributed by atoms with Gasteiger partial charge < -0.3 is 30.0 Å². The number of fused-ring (bicyclic) bond motifs is 1. The van der Waals surface area contributed by atoms with Gasteiger partial charge in [0.05, 0.1) is 34.0 Å². The van der Waals surface area contributed by atoms with E-state index in [2.05, 4.69) is 5.32 Å². The first-order chi connectivity index (χ1) is 21.8. The molecule has 0 unspecified atom stereocenters. The molecule has 1 heterocycles. The monoisotopic (exact) mass is 604 g/mol. The van der Waals surface area contributed by atoms with Gasteiger partial charge in [0, 0.05) is 5.92 Å². The summed E-state index contributed by atoms with van der Waals surface area (Å²) in [6.45, 7) is 0. The van der Waals surface area contributed by atoms with Crippen LogP contribution in [-0.2, 0) is 15.1 Å². The van der Waals surface area contributed by atoms with Crippen molar-refractivity contribution in [3.8, 4) is 23.0 Å². The Labute approximate surface area is 262 Å². The van der Waals surface area contributed by atoms with Gasteiger partial charge in [-0.05, 0) is 94.8 Å². The van der Waals surface area contributed by atoms with Gasteiger partial charge in [-0.2, -0.15) is 0 Å². The molecule has 0 bridgehead atoms. The Balaban J connectivity index is 1.64. The average molecular weight is 605 g/mol. The van der Waals surface area contributed by atoms with Gasteiger partial charge in [-0.1, -0.05) is 48.5 Å². The third kappa shape index (κ3) is 4.60. The smallest absolute Gasteiger partial charge is 0.241 e. The molecule has 2 fully saturated rings. The molecule has 8 heteroatoms. The molecule has 0 spiro atoms. The quantitative estimate of drug-likeness (QED) is 0.245. The predicted molar refractivity (Wildman–Crippen MR) is 171 cm³/mol. The van der Waals surface area contributed by atoms with Gasteiger partial charge in [0.15, 0.2) is 5.41 Å². The second-order valence-electron chi connectivity index (χ2n) is 11.3. The Morgan fingerprint density at radius 1 is 0.667 bits per heavy atom. The van der Waals surface area contributed by atoms with Crippen molar-refractivity contribution in [1.29, 1.82) is 0 Å². The molecular weight excluding hydrogens is 568 g/mol. The largest absolute Gasteiger partial charge is 0.497 e. The normalized spacial score (nSPS) is 19.8. The third-order valence-electron chi connectivity index (χ3n) is 9.41. The summed E-state index contributed by atoms with van der Waals surface area (Å²) >= 11 is 0. The zero-order valence-electron chi connectivity index (χ0n) is 25.8. The van der Waals surface area contributed by atoms with E-state index in [1.807, 2.05) is 97.1 Å². The van der Waals surface area contributed by atoms with E-state index in [0.717, 1.165) is 27.8 Å². The number of amides is 2. The average Bonchev–Trinajstić information content (AvgIpc) is 3.61. The lowest BCUT2D eigenvalue weighted by Gasteiger charge is -2.38. The lowest BCUT2D eigenvalue weighted by atomic mass is 9.64. The highest BCUT2D eigenvalue weighted by Crippen LogP contribution is 2.63. The van der Waals surface area contributed by atoms with E-state index in [0.29, 0.717) is 41.4 Å². The standard InChI is InChI=1S/C37H36N2O6/c1-42-27-13-5-23(6-14-27)33(24-7-15-28(43-2)16-8-24)31-21-22-32-36(31,34(38)40)35(41)39-37(32,25-9-17-29(44-3)18-10-25)26-11-19-30(45-4)20-12-26/h5-20,32H,21-22H2,1-4H3,(H2,38,40)(H,39,41)/t32-,36+/m1/s1. The Bertz CT molecular complexity index is 1650. The fourth-order valence-electron chi connectivity index (χ4n) is 7.32. The second-order valence-corrected chi connectivity index (χ2v) is 11.3. The number of methoxy groups -OCH3 is 4. The van der Waals surface area contributed by atoms with Crippen LogP contribution in [0.1, 0.15) is 35.1 Å². The van der Waals surface area contributed by atoms with E-state index in [4.69, 9.17) is 24.7 Å². The summed E-state index contributed by atoms with van der Waals surface area (Å²) in [7, 11) is 6.44. The fraction of sp³-hybridized carbons (Fsp3) is 0.243. The number of hydrogen-bond acceptors (Lipinski definition) is 6. The van der Waals surface area contributed by atoms with Crippen LogP contribution in [0.3, 0.4) is 0 Å². The van der Waals surface area contributed by atoms with E-state index < -0.39 is 28.7 Å². The number of nitrogens with two attached hydrogens (primary N) is 1. The maximum absolute atomic E-state index is 14.7. The predicted octanol–water partition coefficient (Wildman–Crippen LogP) is 5.48. The molecule has 1 aliphatic carbocycles. The van der Waals surface area contributed by atoms with Crippen LogP contribution < -0.4 is 30.0 Å². The minimum Gasteiger partial charge on any atom is -0.497 e. The van der Waals surface area contributed by atoms with Crippen LogP contribution in [-0.4, -0.2) is 40.3 Å². The van der Waals surface area contributed by atoms with Gasteiger partial charge >= 0.3 is 0 Å². The van der Waals surface area contributed by atoms with Crippen molar-refractivity contribution in [3.05, 3.63) is 125 Å². The van der Waals surface area contributed by atoms with Gasteiger partial charge in [0.1, 0.15) is 23.0 Å². The molecule has 1 saturated carbocycles. The van der Waals surface area contributed by atoms with Crippen LogP contribution in [0.4, 0.5) is 0 Å². The second kappa shape index (κ2) is 11.7. The summed E-state index contributed by atoms with van der Waals surface area (Å²) in [5.41, 5.74) is 8.53. The molecule has 2 amide bonds. The van der Waals surface area contributed by atoms with E-state index in [1.165, 1.54) is 0 Å². The van der Waals surface area contributed by atoms with E-state index in [9.17, 15) is 9.59 Å². The molecule has 45 heavy (non-hydrogen) atoms. The number of carbonyl (C=O) groups is 2. The SMILES string of the molecule is COc1ccc(C(=C2CC[C@H]3C(c4ccc(OC)cc4)(c4ccc(OC)cc4)NC(=O)[C@@]23C(N)=O)c2ccc(OC)cc2)cc1. The van der Waals surface area contributed by atoms with E-state index in [-0.39, 0.29) is 0 Å². The maximum Gasteiger partial charge on any atom is 0.241 e. The summed E-state index contributed by atoms with van der Waals surface area (Å²) in [6, 6.07) is 30.5. The molecule has 3 N–H and O–H groups in total. The molecule has 0 radical (unpaired) electrons. The van der Waals surface area contributed by atoms with Gasteiger partial charge in [0.25, 0.3) is 0 Å². The molecule has 4 aromatic carbocycles. The molecular formula is C37H36N2O6. The lowest BCUT2D eigenvalue weighted by molar-refractivity contribution is -0.137. The zero-order valence-corrected chi connectivity index (χ0v) is 25.8.